The molecule has 1 atom stereocenters. The van der Waals surface area contributed by atoms with E-state index < -0.39 is 10.0 Å². The number of carbonyl (C=O) groups is 1. The number of benzene rings is 2. The van der Waals surface area contributed by atoms with E-state index in [0.717, 1.165) is 17.7 Å². The smallest absolute Gasteiger partial charge is 0.251 e. The first-order chi connectivity index (χ1) is 12.9. The lowest BCUT2D eigenvalue weighted by molar-refractivity contribution is -0.114. The number of methoxy groups -OCH3 is 1. The van der Waals surface area contributed by atoms with Crippen molar-refractivity contribution in [2.75, 3.05) is 19.1 Å². The van der Waals surface area contributed by atoms with Crippen molar-refractivity contribution in [3.63, 3.8) is 0 Å². The fourth-order valence-electron chi connectivity index (χ4n) is 3.27. The minimum absolute atomic E-state index is 0.0296. The fraction of sp³-hybridized carbons (Fsp3) is 0.250. The molecule has 3 rings (SSSR count). The largest absolute Gasteiger partial charge is 0.495 e. The molecule has 0 bridgehead atoms. The second-order valence-corrected chi connectivity index (χ2v) is 8.20. The second kappa shape index (κ2) is 7.54. The maximum Gasteiger partial charge on any atom is 0.251 e. The number of amides is 1. The molecular weight excluding hydrogens is 364 g/mol. The van der Waals surface area contributed by atoms with Gasteiger partial charge in [0, 0.05) is 17.8 Å². The van der Waals surface area contributed by atoms with Gasteiger partial charge in [0.15, 0.2) is 0 Å². The van der Waals surface area contributed by atoms with Gasteiger partial charge in [-0.25, -0.2) is 13.1 Å². The lowest BCUT2D eigenvalue weighted by atomic mass is 10.1. The van der Waals surface area contributed by atoms with E-state index in [1.165, 1.54) is 26.3 Å². The van der Waals surface area contributed by atoms with Crippen molar-refractivity contribution in [1.29, 1.82) is 0 Å². The van der Waals surface area contributed by atoms with Crippen molar-refractivity contribution in [2.24, 2.45) is 0 Å². The first-order valence-electron chi connectivity index (χ1n) is 8.58. The Morgan fingerprint density at radius 3 is 2.70 bits per heavy atom. The number of fused-ring (bicyclic) bond motifs is 1. The van der Waals surface area contributed by atoms with Crippen LogP contribution in [0.1, 0.15) is 18.1 Å². The summed E-state index contributed by atoms with van der Waals surface area (Å²) in [5, 5.41) is 0. The van der Waals surface area contributed by atoms with E-state index in [0.29, 0.717) is 5.56 Å². The number of ether oxygens (including phenoxy) is 1. The topological polar surface area (TPSA) is 75.7 Å². The molecule has 27 heavy (non-hydrogen) atoms. The normalized spacial score (nSPS) is 16.6. The molecule has 142 valence electrons. The molecule has 0 aromatic heterocycles. The predicted octanol–water partition coefficient (Wildman–Crippen LogP) is 2.59. The van der Waals surface area contributed by atoms with E-state index in [9.17, 15) is 13.2 Å². The maximum absolute atomic E-state index is 12.7. The lowest BCUT2D eigenvalue weighted by Crippen LogP contribution is -2.34. The number of rotatable bonds is 5. The van der Waals surface area contributed by atoms with Gasteiger partial charge in [-0.2, -0.15) is 0 Å². The van der Waals surface area contributed by atoms with E-state index in [-0.39, 0.29) is 22.6 Å². The van der Waals surface area contributed by atoms with Crippen LogP contribution in [0.25, 0.3) is 6.08 Å². The van der Waals surface area contributed by atoms with Crippen LogP contribution in [0.3, 0.4) is 0 Å². The van der Waals surface area contributed by atoms with Crippen LogP contribution in [-0.4, -0.2) is 34.5 Å². The third kappa shape index (κ3) is 3.74. The van der Waals surface area contributed by atoms with Gasteiger partial charge in [-0.1, -0.05) is 24.3 Å². The molecule has 1 amide bonds. The van der Waals surface area contributed by atoms with Gasteiger partial charge in [0.25, 0.3) is 5.91 Å². The molecule has 0 saturated carbocycles. The highest BCUT2D eigenvalue weighted by Crippen LogP contribution is 2.32. The third-order valence-electron chi connectivity index (χ3n) is 4.61. The summed E-state index contributed by atoms with van der Waals surface area (Å²) < 4.78 is 31.7. The Kier molecular flexibility index (Phi) is 5.34. The van der Waals surface area contributed by atoms with Gasteiger partial charge >= 0.3 is 0 Å². The minimum atomic E-state index is -3.67. The van der Waals surface area contributed by atoms with Crippen LogP contribution in [0, 0.1) is 0 Å². The van der Waals surface area contributed by atoms with Crippen LogP contribution in [0.5, 0.6) is 5.75 Å². The molecule has 1 aliphatic heterocycles. The van der Waals surface area contributed by atoms with Crippen molar-refractivity contribution in [3.05, 3.63) is 59.7 Å². The Labute approximate surface area is 159 Å². The van der Waals surface area contributed by atoms with Crippen molar-refractivity contribution >= 4 is 27.7 Å². The Morgan fingerprint density at radius 2 is 2.00 bits per heavy atom. The van der Waals surface area contributed by atoms with Crippen LogP contribution in [0.2, 0.25) is 0 Å². The van der Waals surface area contributed by atoms with E-state index in [1.807, 2.05) is 31.2 Å². The maximum atomic E-state index is 12.7. The first-order valence-corrected chi connectivity index (χ1v) is 10.1. The van der Waals surface area contributed by atoms with Gasteiger partial charge in [-0.05, 0) is 55.8 Å². The molecule has 1 aliphatic rings. The molecule has 6 nitrogen and oxygen atoms in total. The highest BCUT2D eigenvalue weighted by atomic mass is 32.2. The number of hydrogen-bond donors (Lipinski definition) is 1. The summed E-state index contributed by atoms with van der Waals surface area (Å²) in [6, 6.07) is 12.7. The molecule has 2 aromatic rings. The summed E-state index contributed by atoms with van der Waals surface area (Å²) in [5.41, 5.74) is 2.67. The van der Waals surface area contributed by atoms with Crippen molar-refractivity contribution in [2.45, 2.75) is 24.3 Å². The molecule has 2 aromatic carbocycles. The molecule has 0 fully saturated rings. The summed E-state index contributed by atoms with van der Waals surface area (Å²) in [6.45, 7) is 2.01. The van der Waals surface area contributed by atoms with Crippen molar-refractivity contribution in [3.8, 4) is 5.75 Å². The second-order valence-electron chi connectivity index (χ2n) is 6.34. The fourth-order valence-corrected chi connectivity index (χ4v) is 4.19. The van der Waals surface area contributed by atoms with E-state index >= 15 is 0 Å². The number of nitrogens with one attached hydrogen (secondary N) is 1. The Morgan fingerprint density at radius 1 is 1.26 bits per heavy atom. The van der Waals surface area contributed by atoms with Gasteiger partial charge in [0.05, 0.1) is 7.11 Å². The van der Waals surface area contributed by atoms with Crippen LogP contribution in [0.4, 0.5) is 5.69 Å². The Hall–Kier alpha value is -2.64. The first kappa shape index (κ1) is 19.1. The van der Waals surface area contributed by atoms with Crippen LogP contribution in [0.15, 0.2) is 53.4 Å². The van der Waals surface area contributed by atoms with Gasteiger partial charge in [-0.15, -0.1) is 0 Å². The zero-order chi connectivity index (χ0) is 19.6. The average Bonchev–Trinajstić information content (AvgIpc) is 3.01. The average molecular weight is 386 g/mol. The monoisotopic (exact) mass is 386 g/mol. The summed E-state index contributed by atoms with van der Waals surface area (Å²) in [7, 11) is -0.918. The van der Waals surface area contributed by atoms with Gasteiger partial charge in [-0.3, -0.25) is 4.79 Å². The van der Waals surface area contributed by atoms with E-state index in [1.54, 1.807) is 23.1 Å². The highest BCUT2D eigenvalue weighted by Gasteiger charge is 2.29. The van der Waals surface area contributed by atoms with Gasteiger partial charge in [0.2, 0.25) is 10.0 Å². The number of carbonyl (C=O) groups excluding carboxylic acids is 1. The predicted molar refractivity (Wildman–Crippen MR) is 105 cm³/mol. The minimum Gasteiger partial charge on any atom is -0.495 e. The zero-order valence-corrected chi connectivity index (χ0v) is 16.3. The molecular formula is C20H22N2O4S. The Bertz CT molecular complexity index is 999. The van der Waals surface area contributed by atoms with Crippen LogP contribution >= 0.6 is 0 Å². The van der Waals surface area contributed by atoms with Crippen molar-refractivity contribution < 1.29 is 17.9 Å². The number of nitrogens with zero attached hydrogens (tertiary/aromatic N) is 1. The standard InChI is InChI=1S/C20H22N2O4S/c1-14-12-16-6-4-5-7-17(16)22(14)20(23)11-9-15-8-10-18(26-3)19(13-15)27(24,25)21-2/h4-11,13-14,21H,12H2,1-3H3/b11-9+. The molecule has 0 saturated heterocycles. The van der Waals surface area contributed by atoms with Crippen LogP contribution < -0.4 is 14.4 Å². The van der Waals surface area contributed by atoms with Crippen molar-refractivity contribution in [1.82, 2.24) is 4.72 Å². The molecule has 7 heteroatoms. The number of para-hydroxylation sites is 1. The summed E-state index contributed by atoms with van der Waals surface area (Å²) >= 11 is 0. The summed E-state index contributed by atoms with van der Waals surface area (Å²) in [4.78, 5) is 14.5. The van der Waals surface area contributed by atoms with E-state index in [4.69, 9.17) is 4.74 Å². The zero-order valence-electron chi connectivity index (χ0n) is 15.5. The molecule has 1 heterocycles. The molecule has 0 spiro atoms. The van der Waals surface area contributed by atoms with Gasteiger partial charge < -0.3 is 9.64 Å². The highest BCUT2D eigenvalue weighted by molar-refractivity contribution is 7.89. The quantitative estimate of drug-likeness (QED) is 0.802. The molecule has 1 N–H and O–H groups in total. The number of anilines is 1. The Balaban J connectivity index is 1.88. The molecule has 0 aliphatic carbocycles. The third-order valence-corrected chi connectivity index (χ3v) is 6.04. The molecule has 0 radical (unpaired) electrons. The SMILES string of the molecule is CNS(=O)(=O)c1cc(/C=C/C(=O)N2c3ccccc3CC2C)ccc1OC. The van der Waals surface area contributed by atoms with E-state index in [2.05, 4.69) is 4.72 Å². The van der Waals surface area contributed by atoms with Crippen LogP contribution in [-0.2, 0) is 21.2 Å². The number of sulfonamides is 1. The van der Waals surface area contributed by atoms with Gasteiger partial charge in [0.1, 0.15) is 10.6 Å². The summed E-state index contributed by atoms with van der Waals surface area (Å²) in [5.74, 6) is 0.108. The lowest BCUT2D eigenvalue weighted by Gasteiger charge is -2.21. The number of hydrogen-bond acceptors (Lipinski definition) is 4. The molecule has 1 unspecified atom stereocenters. The summed E-state index contributed by atoms with van der Waals surface area (Å²) in [6.07, 6.45) is 3.91.